The maximum absolute atomic E-state index is 10.5. The third kappa shape index (κ3) is 1.71. The van der Waals surface area contributed by atoms with Crippen LogP contribution < -0.4 is 0 Å². The van der Waals surface area contributed by atoms with Crippen LogP contribution in [0, 0.1) is 0 Å². The molecule has 1 aromatic rings. The molecule has 1 rings (SSSR count). The number of pyridine rings is 1. The van der Waals surface area contributed by atoms with Crippen molar-refractivity contribution in [3.05, 3.63) is 29.6 Å². The molecule has 4 heteroatoms. The SMILES string of the molecule is O=C(O)c1cccnc1CS. The first kappa shape index (κ1) is 8.07. The molecule has 1 aromatic heterocycles. The molecule has 11 heavy (non-hydrogen) atoms. The summed E-state index contributed by atoms with van der Waals surface area (Å²) in [4.78, 5) is 14.4. The van der Waals surface area contributed by atoms with Gasteiger partial charge in [-0.15, -0.1) is 0 Å². The van der Waals surface area contributed by atoms with Gasteiger partial charge in [0.15, 0.2) is 0 Å². The van der Waals surface area contributed by atoms with Gasteiger partial charge < -0.3 is 5.11 Å². The third-order valence-electron chi connectivity index (χ3n) is 1.27. The lowest BCUT2D eigenvalue weighted by molar-refractivity contribution is 0.0695. The number of carboxylic acids is 1. The molecule has 58 valence electrons. The van der Waals surface area contributed by atoms with Crippen LogP contribution in [0.15, 0.2) is 18.3 Å². The van der Waals surface area contributed by atoms with E-state index >= 15 is 0 Å². The summed E-state index contributed by atoms with van der Waals surface area (Å²) in [6.45, 7) is 0. The van der Waals surface area contributed by atoms with Gasteiger partial charge in [-0.05, 0) is 12.1 Å². The average molecular weight is 169 g/mol. The van der Waals surface area contributed by atoms with Crippen LogP contribution in [0.5, 0.6) is 0 Å². The summed E-state index contributed by atoms with van der Waals surface area (Å²) in [7, 11) is 0. The van der Waals surface area contributed by atoms with Crippen molar-refractivity contribution in [1.29, 1.82) is 0 Å². The highest BCUT2D eigenvalue weighted by Gasteiger charge is 2.07. The van der Waals surface area contributed by atoms with Crippen LogP contribution in [0.25, 0.3) is 0 Å². The molecule has 0 aliphatic carbocycles. The van der Waals surface area contributed by atoms with Gasteiger partial charge in [-0.2, -0.15) is 12.6 Å². The molecular weight excluding hydrogens is 162 g/mol. The van der Waals surface area contributed by atoms with Crippen molar-refractivity contribution in [2.24, 2.45) is 0 Å². The Morgan fingerprint density at radius 2 is 2.45 bits per heavy atom. The number of carboxylic acid groups (broad SMARTS) is 1. The second kappa shape index (κ2) is 3.39. The van der Waals surface area contributed by atoms with Crippen molar-refractivity contribution in [3.63, 3.8) is 0 Å². The van der Waals surface area contributed by atoms with E-state index in [1.54, 1.807) is 12.3 Å². The van der Waals surface area contributed by atoms with Gasteiger partial charge in [-0.3, -0.25) is 4.98 Å². The van der Waals surface area contributed by atoms with Crippen molar-refractivity contribution in [2.45, 2.75) is 5.75 Å². The molecule has 1 heterocycles. The fourth-order valence-corrected chi connectivity index (χ4v) is 1.01. The number of carbonyl (C=O) groups is 1. The summed E-state index contributed by atoms with van der Waals surface area (Å²) < 4.78 is 0. The van der Waals surface area contributed by atoms with Crippen LogP contribution >= 0.6 is 12.6 Å². The zero-order valence-electron chi connectivity index (χ0n) is 5.69. The highest BCUT2D eigenvalue weighted by atomic mass is 32.1. The molecule has 0 fully saturated rings. The largest absolute Gasteiger partial charge is 0.478 e. The number of rotatable bonds is 2. The monoisotopic (exact) mass is 169 g/mol. The van der Waals surface area contributed by atoms with Crippen molar-refractivity contribution >= 4 is 18.6 Å². The zero-order chi connectivity index (χ0) is 8.27. The Hall–Kier alpha value is -1.03. The molecule has 0 saturated heterocycles. The van der Waals surface area contributed by atoms with Crippen LogP contribution in [0.2, 0.25) is 0 Å². The lowest BCUT2D eigenvalue weighted by Crippen LogP contribution is -2.02. The Morgan fingerprint density at radius 1 is 1.73 bits per heavy atom. The summed E-state index contributed by atoms with van der Waals surface area (Å²) in [6, 6.07) is 3.11. The lowest BCUT2D eigenvalue weighted by atomic mass is 10.2. The summed E-state index contributed by atoms with van der Waals surface area (Å²) >= 11 is 3.95. The molecule has 0 saturated carbocycles. The van der Waals surface area contributed by atoms with E-state index in [0.29, 0.717) is 11.4 Å². The summed E-state index contributed by atoms with van der Waals surface area (Å²) in [6.07, 6.45) is 1.55. The predicted molar refractivity (Wildman–Crippen MR) is 43.9 cm³/mol. The lowest BCUT2D eigenvalue weighted by Gasteiger charge is -1.98. The molecule has 0 amide bonds. The number of thiol groups is 1. The minimum absolute atomic E-state index is 0.225. The Labute approximate surface area is 69.5 Å². The second-order valence-corrected chi connectivity index (χ2v) is 2.28. The zero-order valence-corrected chi connectivity index (χ0v) is 6.58. The van der Waals surface area contributed by atoms with Crippen LogP contribution in [-0.4, -0.2) is 16.1 Å². The summed E-state index contributed by atoms with van der Waals surface area (Å²) in [5.41, 5.74) is 0.728. The Bertz CT molecular complexity index is 275. The van der Waals surface area contributed by atoms with Gasteiger partial charge in [0.25, 0.3) is 0 Å². The summed E-state index contributed by atoms with van der Waals surface area (Å²) in [5.74, 6) is -0.607. The fourth-order valence-electron chi connectivity index (χ4n) is 0.759. The van der Waals surface area contributed by atoms with Gasteiger partial charge in [0.05, 0.1) is 11.3 Å². The number of aromatic nitrogens is 1. The van der Waals surface area contributed by atoms with E-state index in [1.807, 2.05) is 0 Å². The van der Waals surface area contributed by atoms with Crippen LogP contribution in [-0.2, 0) is 5.75 Å². The maximum Gasteiger partial charge on any atom is 0.337 e. The molecule has 0 aliphatic heterocycles. The number of hydrogen-bond donors (Lipinski definition) is 2. The van der Waals surface area contributed by atoms with Crippen LogP contribution in [0.1, 0.15) is 16.1 Å². The van der Waals surface area contributed by atoms with Crippen LogP contribution in [0.3, 0.4) is 0 Å². The van der Waals surface area contributed by atoms with Gasteiger partial charge in [0.1, 0.15) is 0 Å². The van der Waals surface area contributed by atoms with E-state index in [0.717, 1.165) is 0 Å². The molecule has 0 unspecified atom stereocenters. The normalized spacial score (nSPS) is 9.55. The van der Waals surface area contributed by atoms with E-state index in [9.17, 15) is 4.79 Å². The number of aromatic carboxylic acids is 1. The molecule has 3 nitrogen and oxygen atoms in total. The molecule has 0 spiro atoms. The van der Waals surface area contributed by atoms with Gasteiger partial charge in [0.2, 0.25) is 0 Å². The minimum atomic E-state index is -0.956. The van der Waals surface area contributed by atoms with E-state index in [4.69, 9.17) is 5.11 Å². The highest BCUT2D eigenvalue weighted by molar-refractivity contribution is 7.79. The first-order valence-electron chi connectivity index (χ1n) is 3.03. The van der Waals surface area contributed by atoms with E-state index in [-0.39, 0.29) is 5.56 Å². The van der Waals surface area contributed by atoms with Gasteiger partial charge in [-0.1, -0.05) is 0 Å². The Balaban J connectivity index is 3.12. The molecule has 1 N–H and O–H groups in total. The standard InChI is InChI=1S/C7H7NO2S/c9-7(10)5-2-1-3-8-6(5)4-11/h1-3,11H,4H2,(H,9,10). The van der Waals surface area contributed by atoms with Crippen molar-refractivity contribution in [1.82, 2.24) is 4.98 Å². The predicted octanol–water partition coefficient (Wildman–Crippen LogP) is 1.21. The molecular formula is C7H7NO2S. The van der Waals surface area contributed by atoms with Gasteiger partial charge in [0, 0.05) is 11.9 Å². The van der Waals surface area contributed by atoms with Crippen molar-refractivity contribution < 1.29 is 9.90 Å². The number of nitrogens with zero attached hydrogens (tertiary/aromatic N) is 1. The molecule has 0 aliphatic rings. The second-order valence-electron chi connectivity index (χ2n) is 1.96. The van der Waals surface area contributed by atoms with Gasteiger partial charge in [-0.25, -0.2) is 4.79 Å². The molecule has 0 radical (unpaired) electrons. The maximum atomic E-state index is 10.5. The Kier molecular flexibility index (Phi) is 2.48. The molecule has 0 aromatic carbocycles. The van der Waals surface area contributed by atoms with E-state index in [2.05, 4.69) is 17.6 Å². The summed E-state index contributed by atoms with van der Waals surface area (Å²) in [5, 5.41) is 8.62. The van der Waals surface area contributed by atoms with Crippen molar-refractivity contribution in [2.75, 3.05) is 0 Å². The fraction of sp³-hybridized carbons (Fsp3) is 0.143. The van der Waals surface area contributed by atoms with Crippen molar-refractivity contribution in [3.8, 4) is 0 Å². The topological polar surface area (TPSA) is 50.2 Å². The van der Waals surface area contributed by atoms with E-state index < -0.39 is 5.97 Å². The first-order valence-corrected chi connectivity index (χ1v) is 3.67. The minimum Gasteiger partial charge on any atom is -0.478 e. The smallest absolute Gasteiger partial charge is 0.337 e. The average Bonchev–Trinajstić information content (AvgIpc) is 2.04. The van der Waals surface area contributed by atoms with Gasteiger partial charge >= 0.3 is 5.97 Å². The highest BCUT2D eigenvalue weighted by Crippen LogP contribution is 2.06. The number of hydrogen-bond acceptors (Lipinski definition) is 3. The van der Waals surface area contributed by atoms with Crippen LogP contribution in [0.4, 0.5) is 0 Å². The quantitative estimate of drug-likeness (QED) is 0.654. The Morgan fingerprint density at radius 3 is 2.91 bits per heavy atom. The molecule has 0 atom stereocenters. The molecule has 0 bridgehead atoms. The third-order valence-corrected chi connectivity index (χ3v) is 1.57. The van der Waals surface area contributed by atoms with E-state index in [1.165, 1.54) is 6.07 Å². The first-order chi connectivity index (χ1) is 5.25.